The van der Waals surface area contributed by atoms with Crippen molar-refractivity contribution in [1.82, 2.24) is 4.90 Å². The van der Waals surface area contributed by atoms with Gasteiger partial charge in [-0.2, -0.15) is 0 Å². The molecular weight excluding hydrogens is 212 g/mol. The van der Waals surface area contributed by atoms with Gasteiger partial charge in [0.1, 0.15) is 0 Å². The van der Waals surface area contributed by atoms with Crippen LogP contribution in [0.1, 0.15) is 46.5 Å². The molecule has 2 N–H and O–H groups in total. The molecule has 1 heterocycles. The maximum Gasteiger partial charge on any atom is 0.0620 e. The van der Waals surface area contributed by atoms with Crippen molar-refractivity contribution in [3.05, 3.63) is 0 Å². The predicted octanol–water partition coefficient (Wildman–Crippen LogP) is 2.00. The Balaban J connectivity index is 2.09. The summed E-state index contributed by atoms with van der Waals surface area (Å²) in [5.41, 5.74) is 6.89. The van der Waals surface area contributed by atoms with Crippen LogP contribution < -0.4 is 5.73 Å². The third-order valence-corrected chi connectivity index (χ3v) is 4.89. The maximum atomic E-state index is 6.14. The lowest BCUT2D eigenvalue weighted by molar-refractivity contribution is -0.0781. The largest absolute Gasteiger partial charge is 0.379 e. The van der Waals surface area contributed by atoms with Crippen LogP contribution in [0.5, 0.6) is 0 Å². The Kier molecular flexibility index (Phi) is 3.81. The fourth-order valence-electron chi connectivity index (χ4n) is 3.43. The van der Waals surface area contributed by atoms with E-state index in [0.717, 1.165) is 26.3 Å². The first-order valence-electron chi connectivity index (χ1n) is 7.04. The van der Waals surface area contributed by atoms with Crippen molar-refractivity contribution in [2.75, 3.05) is 26.3 Å². The minimum Gasteiger partial charge on any atom is -0.379 e. The molecule has 0 aromatic heterocycles. The molecule has 2 aliphatic rings. The molecule has 1 unspecified atom stereocenters. The van der Waals surface area contributed by atoms with Gasteiger partial charge in [-0.15, -0.1) is 0 Å². The third kappa shape index (κ3) is 2.67. The average Bonchev–Trinajstić information content (AvgIpc) is 2.31. The molecule has 1 atom stereocenters. The quantitative estimate of drug-likeness (QED) is 0.802. The molecule has 1 saturated heterocycles. The molecule has 2 fully saturated rings. The van der Waals surface area contributed by atoms with Crippen molar-refractivity contribution in [3.8, 4) is 0 Å². The molecule has 3 nitrogen and oxygen atoms in total. The monoisotopic (exact) mass is 240 g/mol. The molecule has 0 aromatic carbocycles. The van der Waals surface area contributed by atoms with Gasteiger partial charge >= 0.3 is 0 Å². The van der Waals surface area contributed by atoms with Crippen LogP contribution in [-0.2, 0) is 4.74 Å². The van der Waals surface area contributed by atoms with E-state index in [2.05, 4.69) is 25.7 Å². The Labute approximate surface area is 106 Å². The van der Waals surface area contributed by atoms with Gasteiger partial charge in [-0.3, -0.25) is 4.90 Å². The van der Waals surface area contributed by atoms with Crippen molar-refractivity contribution in [3.63, 3.8) is 0 Å². The third-order valence-electron chi connectivity index (χ3n) is 4.89. The highest BCUT2D eigenvalue weighted by Crippen LogP contribution is 2.43. The summed E-state index contributed by atoms with van der Waals surface area (Å²) in [7, 11) is 0. The van der Waals surface area contributed by atoms with E-state index in [1.807, 2.05) is 0 Å². The van der Waals surface area contributed by atoms with Gasteiger partial charge in [0.2, 0.25) is 0 Å². The van der Waals surface area contributed by atoms with Crippen molar-refractivity contribution in [1.29, 1.82) is 0 Å². The number of rotatable bonds is 2. The number of morpholine rings is 1. The van der Waals surface area contributed by atoms with E-state index in [9.17, 15) is 0 Å². The number of hydrogen-bond acceptors (Lipinski definition) is 3. The van der Waals surface area contributed by atoms with Crippen molar-refractivity contribution >= 4 is 0 Å². The first-order valence-corrected chi connectivity index (χ1v) is 7.04. The van der Waals surface area contributed by atoms with Gasteiger partial charge in [-0.05, 0) is 38.0 Å². The molecule has 0 amide bonds. The van der Waals surface area contributed by atoms with Gasteiger partial charge in [-0.25, -0.2) is 0 Å². The van der Waals surface area contributed by atoms with Gasteiger partial charge < -0.3 is 10.5 Å². The molecular formula is C14H28N2O. The zero-order valence-corrected chi connectivity index (χ0v) is 11.7. The molecule has 100 valence electrons. The first kappa shape index (κ1) is 13.3. The zero-order valence-electron chi connectivity index (χ0n) is 11.7. The minimum absolute atomic E-state index is 0.249. The lowest BCUT2D eigenvalue weighted by Gasteiger charge is -2.53. The molecule has 0 spiro atoms. The molecule has 2 rings (SSSR count). The van der Waals surface area contributed by atoms with Crippen LogP contribution in [0.25, 0.3) is 0 Å². The molecule has 1 aliphatic heterocycles. The summed E-state index contributed by atoms with van der Waals surface area (Å²) in [6, 6.07) is 0.522. The molecule has 17 heavy (non-hydrogen) atoms. The minimum atomic E-state index is 0.249. The van der Waals surface area contributed by atoms with Crippen LogP contribution in [0, 0.1) is 5.41 Å². The second kappa shape index (κ2) is 4.87. The fraction of sp³-hybridized carbons (Fsp3) is 1.00. The zero-order chi connectivity index (χ0) is 12.5. The molecule has 0 bridgehead atoms. The Morgan fingerprint density at radius 1 is 1.24 bits per heavy atom. The van der Waals surface area contributed by atoms with Gasteiger partial charge in [0, 0.05) is 24.7 Å². The normalized spacial score (nSPS) is 33.5. The second-order valence-corrected chi connectivity index (χ2v) is 6.71. The van der Waals surface area contributed by atoms with E-state index in [1.54, 1.807) is 0 Å². The SMILES string of the molecule is CC1COCCN1C1(CN)CCC(C)(C)CC1. The number of nitrogens with two attached hydrogens (primary N) is 1. The smallest absolute Gasteiger partial charge is 0.0620 e. The van der Waals surface area contributed by atoms with Gasteiger partial charge in [0.05, 0.1) is 13.2 Å². The average molecular weight is 240 g/mol. The van der Waals surface area contributed by atoms with Crippen LogP contribution in [0.2, 0.25) is 0 Å². The molecule has 1 aliphatic carbocycles. The maximum absolute atomic E-state index is 6.14. The Bertz CT molecular complexity index is 255. The second-order valence-electron chi connectivity index (χ2n) is 6.71. The number of nitrogens with zero attached hydrogens (tertiary/aromatic N) is 1. The predicted molar refractivity (Wildman–Crippen MR) is 71.0 cm³/mol. The topological polar surface area (TPSA) is 38.5 Å². The molecule has 3 heteroatoms. The van der Waals surface area contributed by atoms with E-state index in [-0.39, 0.29) is 5.54 Å². The summed E-state index contributed by atoms with van der Waals surface area (Å²) in [4.78, 5) is 2.63. The van der Waals surface area contributed by atoms with Crippen LogP contribution in [-0.4, -0.2) is 42.8 Å². The summed E-state index contributed by atoms with van der Waals surface area (Å²) in [6.07, 6.45) is 5.10. The van der Waals surface area contributed by atoms with E-state index in [0.29, 0.717) is 11.5 Å². The lowest BCUT2D eigenvalue weighted by Crippen LogP contribution is -2.62. The van der Waals surface area contributed by atoms with Crippen molar-refractivity contribution in [2.45, 2.75) is 58.0 Å². The summed E-state index contributed by atoms with van der Waals surface area (Å²) >= 11 is 0. The van der Waals surface area contributed by atoms with E-state index >= 15 is 0 Å². The highest BCUT2D eigenvalue weighted by Gasteiger charge is 2.43. The number of hydrogen-bond donors (Lipinski definition) is 1. The van der Waals surface area contributed by atoms with E-state index in [1.165, 1.54) is 25.7 Å². The van der Waals surface area contributed by atoms with Crippen LogP contribution in [0.4, 0.5) is 0 Å². The summed E-state index contributed by atoms with van der Waals surface area (Å²) in [6.45, 7) is 10.6. The molecule has 0 radical (unpaired) electrons. The Morgan fingerprint density at radius 3 is 2.41 bits per heavy atom. The van der Waals surface area contributed by atoms with Crippen molar-refractivity contribution in [2.24, 2.45) is 11.1 Å². The van der Waals surface area contributed by atoms with Gasteiger partial charge in [0.25, 0.3) is 0 Å². The van der Waals surface area contributed by atoms with Crippen LogP contribution >= 0.6 is 0 Å². The summed E-state index contributed by atoms with van der Waals surface area (Å²) in [5, 5.41) is 0. The lowest BCUT2D eigenvalue weighted by atomic mass is 9.68. The fourth-order valence-corrected chi connectivity index (χ4v) is 3.43. The van der Waals surface area contributed by atoms with Crippen LogP contribution in [0.15, 0.2) is 0 Å². The Hall–Kier alpha value is -0.120. The van der Waals surface area contributed by atoms with Crippen molar-refractivity contribution < 1.29 is 4.74 Å². The molecule has 1 saturated carbocycles. The molecule has 0 aromatic rings. The standard InChI is InChI=1S/C14H28N2O/c1-12-10-17-9-8-16(12)14(11-15)6-4-13(2,3)5-7-14/h12H,4-11,15H2,1-3H3. The van der Waals surface area contributed by atoms with Gasteiger partial charge in [0.15, 0.2) is 0 Å². The summed E-state index contributed by atoms with van der Waals surface area (Å²) in [5.74, 6) is 0. The highest BCUT2D eigenvalue weighted by atomic mass is 16.5. The Morgan fingerprint density at radius 2 is 1.88 bits per heavy atom. The number of ether oxygens (including phenoxy) is 1. The van der Waals surface area contributed by atoms with Crippen LogP contribution in [0.3, 0.4) is 0 Å². The van der Waals surface area contributed by atoms with Gasteiger partial charge in [-0.1, -0.05) is 13.8 Å². The summed E-state index contributed by atoms with van der Waals surface area (Å²) < 4.78 is 5.55. The van der Waals surface area contributed by atoms with E-state index in [4.69, 9.17) is 10.5 Å². The first-order chi connectivity index (χ1) is 7.99. The highest BCUT2D eigenvalue weighted by molar-refractivity contribution is 5.00. The van der Waals surface area contributed by atoms with E-state index < -0.39 is 0 Å².